The van der Waals surface area contributed by atoms with Crippen LogP contribution in [0.2, 0.25) is 0 Å². The Morgan fingerprint density at radius 1 is 1.43 bits per heavy atom. The number of hydrogen-bond donors (Lipinski definition) is 1. The summed E-state index contributed by atoms with van der Waals surface area (Å²) in [6, 6.07) is 0. The Kier molecular flexibility index (Phi) is 5.43. The first-order valence-electron chi connectivity index (χ1n) is 7.23. The lowest BCUT2D eigenvalue weighted by molar-refractivity contribution is -0.144. The van der Waals surface area contributed by atoms with E-state index in [0.29, 0.717) is 17.0 Å². The van der Waals surface area contributed by atoms with E-state index in [9.17, 15) is 13.2 Å². The summed E-state index contributed by atoms with van der Waals surface area (Å²) >= 11 is 0.838. The first-order chi connectivity index (χ1) is 9.86. The fourth-order valence-electron chi connectivity index (χ4n) is 2.44. The average molecular weight is 322 g/mol. The van der Waals surface area contributed by atoms with Crippen LogP contribution in [0.4, 0.5) is 18.3 Å². The number of nitrogens with one attached hydrogen (secondary N) is 1. The van der Waals surface area contributed by atoms with Gasteiger partial charge in [0.05, 0.1) is 0 Å². The van der Waals surface area contributed by atoms with Crippen LogP contribution >= 0.6 is 11.5 Å². The van der Waals surface area contributed by atoms with E-state index in [1.165, 1.54) is 0 Å². The average Bonchev–Trinajstić information content (AvgIpc) is 2.88. The largest absolute Gasteiger partial charge is 0.452 e. The topological polar surface area (TPSA) is 41.0 Å². The van der Waals surface area contributed by atoms with Crippen LogP contribution in [0.5, 0.6) is 0 Å². The Morgan fingerprint density at radius 2 is 2.19 bits per heavy atom. The Hall–Kier alpha value is -0.890. The maximum Gasteiger partial charge on any atom is 0.452 e. The van der Waals surface area contributed by atoms with Gasteiger partial charge in [-0.05, 0) is 37.8 Å². The third-order valence-corrected chi connectivity index (χ3v) is 4.22. The van der Waals surface area contributed by atoms with Crippen molar-refractivity contribution in [3.05, 3.63) is 5.82 Å². The number of piperidine rings is 1. The highest BCUT2D eigenvalue weighted by Crippen LogP contribution is 2.31. The van der Waals surface area contributed by atoms with Crippen LogP contribution in [0.15, 0.2) is 0 Å². The van der Waals surface area contributed by atoms with Gasteiger partial charge in [-0.25, -0.2) is 0 Å². The third-order valence-electron chi connectivity index (χ3n) is 3.44. The van der Waals surface area contributed by atoms with Crippen LogP contribution in [0, 0.1) is 11.8 Å². The van der Waals surface area contributed by atoms with Crippen molar-refractivity contribution in [2.24, 2.45) is 11.8 Å². The van der Waals surface area contributed by atoms with Crippen molar-refractivity contribution in [2.45, 2.75) is 32.9 Å². The van der Waals surface area contributed by atoms with E-state index in [1.807, 2.05) is 4.90 Å². The van der Waals surface area contributed by atoms with E-state index in [0.717, 1.165) is 50.6 Å². The standard InChI is InChI=1S/C13H21F3N4S/c1-9(2)6-17-7-10-4-3-5-20(8-10)12-18-11(19-21-12)13(14,15)16/h9-10,17H,3-8H2,1-2H3. The van der Waals surface area contributed by atoms with Crippen LogP contribution in [0.1, 0.15) is 32.5 Å². The minimum atomic E-state index is -4.46. The number of rotatable bonds is 5. The van der Waals surface area contributed by atoms with Gasteiger partial charge in [0.15, 0.2) is 0 Å². The summed E-state index contributed by atoms with van der Waals surface area (Å²) in [4.78, 5) is 5.56. The molecular weight excluding hydrogens is 301 g/mol. The summed E-state index contributed by atoms with van der Waals surface area (Å²) in [5.74, 6) is 0.0282. The molecule has 8 heteroatoms. The molecule has 2 heterocycles. The molecule has 0 amide bonds. The lowest BCUT2D eigenvalue weighted by atomic mass is 9.98. The molecule has 0 bridgehead atoms. The number of anilines is 1. The summed E-state index contributed by atoms with van der Waals surface area (Å²) < 4.78 is 41.0. The molecule has 0 saturated carbocycles. The lowest BCUT2D eigenvalue weighted by Crippen LogP contribution is -2.40. The van der Waals surface area contributed by atoms with Crippen LogP contribution in [-0.2, 0) is 6.18 Å². The highest BCUT2D eigenvalue weighted by atomic mass is 32.1. The van der Waals surface area contributed by atoms with Gasteiger partial charge in [0, 0.05) is 24.6 Å². The van der Waals surface area contributed by atoms with Gasteiger partial charge in [0.25, 0.3) is 0 Å². The molecular formula is C13H21F3N4S. The molecule has 0 spiro atoms. The van der Waals surface area contributed by atoms with Crippen molar-refractivity contribution in [1.82, 2.24) is 14.7 Å². The van der Waals surface area contributed by atoms with E-state index in [1.54, 1.807) is 0 Å². The first-order valence-corrected chi connectivity index (χ1v) is 8.00. The SMILES string of the molecule is CC(C)CNCC1CCCN(c2nc(C(F)(F)F)ns2)C1. The predicted molar refractivity (Wildman–Crippen MR) is 77.6 cm³/mol. The Bertz CT molecular complexity index is 447. The van der Waals surface area contributed by atoms with Gasteiger partial charge < -0.3 is 10.2 Å². The molecule has 0 aliphatic carbocycles. The molecule has 1 saturated heterocycles. The second-order valence-corrected chi connectivity index (χ2v) is 6.63. The maximum absolute atomic E-state index is 12.5. The molecule has 4 nitrogen and oxygen atoms in total. The van der Waals surface area contributed by atoms with Gasteiger partial charge in [0.2, 0.25) is 11.0 Å². The van der Waals surface area contributed by atoms with Crippen LogP contribution in [-0.4, -0.2) is 35.5 Å². The summed E-state index contributed by atoms with van der Waals surface area (Å²) in [5.41, 5.74) is 0. The minimum Gasteiger partial charge on any atom is -0.347 e. The summed E-state index contributed by atoms with van der Waals surface area (Å²) in [6.07, 6.45) is -2.37. The molecule has 2 rings (SSSR count). The highest BCUT2D eigenvalue weighted by molar-refractivity contribution is 7.09. The smallest absolute Gasteiger partial charge is 0.347 e. The molecule has 0 aromatic carbocycles. The maximum atomic E-state index is 12.5. The van der Waals surface area contributed by atoms with Crippen LogP contribution < -0.4 is 10.2 Å². The van der Waals surface area contributed by atoms with E-state index in [-0.39, 0.29) is 0 Å². The fraction of sp³-hybridized carbons (Fsp3) is 0.846. The first kappa shape index (κ1) is 16.5. The molecule has 0 radical (unpaired) electrons. The zero-order chi connectivity index (χ0) is 15.5. The Morgan fingerprint density at radius 3 is 2.81 bits per heavy atom. The van der Waals surface area contributed by atoms with E-state index < -0.39 is 12.0 Å². The number of halogens is 3. The van der Waals surface area contributed by atoms with Gasteiger partial charge in [-0.2, -0.15) is 22.5 Å². The zero-order valence-electron chi connectivity index (χ0n) is 12.3. The van der Waals surface area contributed by atoms with Crippen LogP contribution in [0.3, 0.4) is 0 Å². The summed E-state index contributed by atoms with van der Waals surface area (Å²) in [6.45, 7) is 7.68. The normalized spacial score (nSPS) is 20.3. The zero-order valence-corrected chi connectivity index (χ0v) is 13.1. The number of alkyl halides is 3. The van der Waals surface area contributed by atoms with Gasteiger partial charge in [-0.3, -0.25) is 0 Å². The molecule has 1 aliphatic heterocycles. The molecule has 1 N–H and O–H groups in total. The molecule has 1 aliphatic rings. The van der Waals surface area contributed by atoms with E-state index in [4.69, 9.17) is 0 Å². The van der Waals surface area contributed by atoms with E-state index in [2.05, 4.69) is 28.5 Å². The molecule has 1 unspecified atom stereocenters. The van der Waals surface area contributed by atoms with Crippen molar-refractivity contribution in [3.8, 4) is 0 Å². The molecule has 1 atom stereocenters. The van der Waals surface area contributed by atoms with E-state index >= 15 is 0 Å². The monoisotopic (exact) mass is 322 g/mol. The van der Waals surface area contributed by atoms with Gasteiger partial charge in [-0.1, -0.05) is 13.8 Å². The molecule has 21 heavy (non-hydrogen) atoms. The van der Waals surface area contributed by atoms with Crippen molar-refractivity contribution >= 4 is 16.7 Å². The molecule has 1 aromatic rings. The number of nitrogens with zero attached hydrogens (tertiary/aromatic N) is 3. The second-order valence-electron chi connectivity index (χ2n) is 5.90. The van der Waals surface area contributed by atoms with Gasteiger partial charge >= 0.3 is 6.18 Å². The lowest BCUT2D eigenvalue weighted by Gasteiger charge is -2.32. The van der Waals surface area contributed by atoms with Crippen molar-refractivity contribution in [3.63, 3.8) is 0 Å². The number of aromatic nitrogens is 2. The Balaban J connectivity index is 1.90. The van der Waals surface area contributed by atoms with Crippen molar-refractivity contribution in [2.75, 3.05) is 31.1 Å². The van der Waals surface area contributed by atoms with Crippen LogP contribution in [0.25, 0.3) is 0 Å². The quantitative estimate of drug-likeness (QED) is 0.905. The predicted octanol–water partition coefficient (Wildman–Crippen LogP) is 3.02. The summed E-state index contributed by atoms with van der Waals surface area (Å²) in [5, 5.41) is 3.80. The highest BCUT2D eigenvalue weighted by Gasteiger charge is 2.37. The molecule has 1 fully saturated rings. The van der Waals surface area contributed by atoms with Crippen molar-refractivity contribution in [1.29, 1.82) is 0 Å². The molecule has 1 aromatic heterocycles. The molecule has 120 valence electrons. The third kappa shape index (κ3) is 4.81. The fourth-order valence-corrected chi connectivity index (χ4v) is 3.16. The van der Waals surface area contributed by atoms with Crippen molar-refractivity contribution < 1.29 is 13.2 Å². The Labute approximate surface area is 126 Å². The minimum absolute atomic E-state index is 0.385. The summed E-state index contributed by atoms with van der Waals surface area (Å²) in [7, 11) is 0. The second kappa shape index (κ2) is 6.91. The van der Waals surface area contributed by atoms with Gasteiger partial charge in [-0.15, -0.1) is 0 Å². The number of hydrogen-bond acceptors (Lipinski definition) is 5. The van der Waals surface area contributed by atoms with Gasteiger partial charge in [0.1, 0.15) is 0 Å².